The molecule has 1 aromatic heterocycles. The van der Waals surface area contributed by atoms with Gasteiger partial charge in [0.2, 0.25) is 0 Å². The van der Waals surface area contributed by atoms with E-state index in [-0.39, 0.29) is 6.10 Å². The molecule has 1 heterocycles. The fourth-order valence-electron chi connectivity index (χ4n) is 2.05. The van der Waals surface area contributed by atoms with Gasteiger partial charge in [-0.2, -0.15) is 0 Å². The van der Waals surface area contributed by atoms with Crippen LogP contribution in [0.4, 0.5) is 11.6 Å². The third kappa shape index (κ3) is 2.82. The summed E-state index contributed by atoms with van der Waals surface area (Å²) in [7, 11) is 1.82. The van der Waals surface area contributed by atoms with Gasteiger partial charge < -0.3 is 15.7 Å². The van der Waals surface area contributed by atoms with Gasteiger partial charge in [0.25, 0.3) is 0 Å². The van der Waals surface area contributed by atoms with Gasteiger partial charge in [-0.1, -0.05) is 0 Å². The lowest BCUT2D eigenvalue weighted by Crippen LogP contribution is -2.13. The summed E-state index contributed by atoms with van der Waals surface area (Å²) < 4.78 is 0. The number of aliphatic hydroxyl groups excluding tert-OH is 1. The van der Waals surface area contributed by atoms with Crippen molar-refractivity contribution in [3.8, 4) is 0 Å². The quantitative estimate of drug-likeness (QED) is 0.711. The highest BCUT2D eigenvalue weighted by Crippen LogP contribution is 2.25. The molecular weight excluding hydrogens is 204 g/mol. The molecule has 0 bridgehead atoms. The lowest BCUT2D eigenvalue weighted by atomic mass is 10.1. The summed E-state index contributed by atoms with van der Waals surface area (Å²) in [4.78, 5) is 8.40. The Balaban J connectivity index is 1.84. The first-order chi connectivity index (χ1) is 7.78. The number of hydrogen-bond donors (Lipinski definition) is 3. The maximum atomic E-state index is 9.41. The first-order valence-corrected chi connectivity index (χ1v) is 5.69. The van der Waals surface area contributed by atoms with Crippen LogP contribution in [0.2, 0.25) is 0 Å². The minimum absolute atomic E-state index is 0.110. The second kappa shape index (κ2) is 5.12. The van der Waals surface area contributed by atoms with E-state index in [1.807, 2.05) is 7.05 Å². The van der Waals surface area contributed by atoms with Crippen LogP contribution < -0.4 is 10.6 Å². The molecule has 0 spiro atoms. The smallest absolute Gasteiger partial charge is 0.146 e. The highest BCUT2D eigenvalue weighted by molar-refractivity contribution is 5.40. The van der Waals surface area contributed by atoms with E-state index in [1.165, 1.54) is 0 Å². The van der Waals surface area contributed by atoms with Crippen LogP contribution in [0.3, 0.4) is 0 Å². The third-order valence-electron chi connectivity index (χ3n) is 2.98. The molecule has 0 saturated heterocycles. The van der Waals surface area contributed by atoms with Crippen LogP contribution in [0.25, 0.3) is 0 Å². The molecule has 16 heavy (non-hydrogen) atoms. The van der Waals surface area contributed by atoms with E-state index in [9.17, 15) is 5.11 Å². The van der Waals surface area contributed by atoms with Gasteiger partial charge in [0.05, 0.1) is 18.5 Å². The fraction of sp³-hybridized carbons (Fsp3) is 0.636. The van der Waals surface area contributed by atoms with Gasteiger partial charge in [-0.15, -0.1) is 0 Å². The number of rotatable bonds is 4. The summed E-state index contributed by atoms with van der Waals surface area (Å²) in [5, 5.41) is 15.6. The maximum absolute atomic E-state index is 9.41. The first-order valence-electron chi connectivity index (χ1n) is 5.69. The average Bonchev–Trinajstić information content (AvgIpc) is 2.73. The summed E-state index contributed by atoms with van der Waals surface area (Å²) in [6.45, 7) is 0.860. The second-order valence-electron chi connectivity index (χ2n) is 4.25. The zero-order valence-electron chi connectivity index (χ0n) is 9.48. The van der Waals surface area contributed by atoms with Crippen LogP contribution in [0.15, 0.2) is 12.4 Å². The molecule has 0 aromatic carbocycles. The second-order valence-corrected chi connectivity index (χ2v) is 4.25. The van der Waals surface area contributed by atoms with Crippen LogP contribution in [0.5, 0.6) is 0 Å². The predicted octanol–water partition coefficient (Wildman–Crippen LogP) is 1.09. The zero-order valence-corrected chi connectivity index (χ0v) is 9.48. The van der Waals surface area contributed by atoms with E-state index < -0.39 is 0 Å². The Morgan fingerprint density at radius 3 is 2.88 bits per heavy atom. The number of anilines is 2. The van der Waals surface area contributed by atoms with E-state index in [0.717, 1.165) is 37.4 Å². The standard InChI is InChI=1S/C11H18N4O/c1-12-10-6-13-7-11(15-10)14-5-8-2-3-9(16)4-8/h6-9,16H,2-5H2,1H3,(H2,12,14,15). The highest BCUT2D eigenvalue weighted by Gasteiger charge is 2.22. The van der Waals surface area contributed by atoms with E-state index in [2.05, 4.69) is 20.6 Å². The van der Waals surface area contributed by atoms with E-state index >= 15 is 0 Å². The van der Waals surface area contributed by atoms with E-state index in [1.54, 1.807) is 12.4 Å². The highest BCUT2D eigenvalue weighted by atomic mass is 16.3. The van der Waals surface area contributed by atoms with Crippen molar-refractivity contribution in [3.63, 3.8) is 0 Å². The van der Waals surface area contributed by atoms with Gasteiger partial charge in [-0.05, 0) is 25.2 Å². The summed E-state index contributed by atoms with van der Waals surface area (Å²) in [5.41, 5.74) is 0. The first kappa shape index (κ1) is 11.1. The Bertz CT molecular complexity index is 345. The molecule has 2 rings (SSSR count). The van der Waals surface area contributed by atoms with Crippen molar-refractivity contribution < 1.29 is 5.11 Å². The number of hydrogen-bond acceptors (Lipinski definition) is 5. The molecule has 0 amide bonds. The maximum Gasteiger partial charge on any atom is 0.146 e. The SMILES string of the molecule is CNc1cncc(NCC2CCC(O)C2)n1. The average molecular weight is 222 g/mol. The minimum Gasteiger partial charge on any atom is -0.393 e. The Hall–Kier alpha value is -1.36. The number of aromatic nitrogens is 2. The van der Waals surface area contributed by atoms with Crippen molar-refractivity contribution in [1.29, 1.82) is 0 Å². The minimum atomic E-state index is -0.110. The third-order valence-corrected chi connectivity index (χ3v) is 2.98. The molecule has 5 heteroatoms. The predicted molar refractivity (Wildman–Crippen MR) is 63.4 cm³/mol. The largest absolute Gasteiger partial charge is 0.393 e. The lowest BCUT2D eigenvalue weighted by Gasteiger charge is -2.11. The fourth-order valence-corrected chi connectivity index (χ4v) is 2.05. The molecular formula is C11H18N4O. The normalized spacial score (nSPS) is 24.4. The topological polar surface area (TPSA) is 70.1 Å². The van der Waals surface area contributed by atoms with E-state index in [0.29, 0.717) is 5.92 Å². The summed E-state index contributed by atoms with van der Waals surface area (Å²) in [6.07, 6.45) is 6.20. The van der Waals surface area contributed by atoms with Crippen LogP contribution >= 0.6 is 0 Å². The molecule has 1 aliphatic rings. The van der Waals surface area contributed by atoms with Crippen molar-refractivity contribution in [3.05, 3.63) is 12.4 Å². The van der Waals surface area contributed by atoms with Crippen LogP contribution in [-0.2, 0) is 0 Å². The monoisotopic (exact) mass is 222 g/mol. The molecule has 1 fully saturated rings. The molecule has 5 nitrogen and oxygen atoms in total. The van der Waals surface area contributed by atoms with Crippen molar-refractivity contribution in [2.75, 3.05) is 24.2 Å². The molecule has 3 N–H and O–H groups in total. The van der Waals surface area contributed by atoms with E-state index in [4.69, 9.17) is 0 Å². The number of aliphatic hydroxyl groups is 1. The van der Waals surface area contributed by atoms with Crippen molar-refractivity contribution in [2.24, 2.45) is 5.92 Å². The Morgan fingerprint density at radius 2 is 2.19 bits per heavy atom. The van der Waals surface area contributed by atoms with Crippen LogP contribution in [0.1, 0.15) is 19.3 Å². The molecule has 1 saturated carbocycles. The van der Waals surface area contributed by atoms with Crippen LogP contribution in [-0.4, -0.2) is 34.8 Å². The summed E-state index contributed by atoms with van der Waals surface area (Å²) in [6, 6.07) is 0. The molecule has 2 atom stereocenters. The van der Waals surface area contributed by atoms with Gasteiger partial charge in [-0.25, -0.2) is 4.98 Å². The van der Waals surface area contributed by atoms with Crippen LogP contribution in [0, 0.1) is 5.92 Å². The summed E-state index contributed by atoms with van der Waals surface area (Å²) in [5.74, 6) is 2.10. The number of nitrogens with zero attached hydrogens (tertiary/aromatic N) is 2. The van der Waals surface area contributed by atoms with Crippen molar-refractivity contribution in [2.45, 2.75) is 25.4 Å². The summed E-state index contributed by atoms with van der Waals surface area (Å²) >= 11 is 0. The lowest BCUT2D eigenvalue weighted by molar-refractivity contribution is 0.178. The Morgan fingerprint density at radius 1 is 1.38 bits per heavy atom. The number of nitrogens with one attached hydrogen (secondary N) is 2. The van der Waals surface area contributed by atoms with Crippen molar-refractivity contribution in [1.82, 2.24) is 9.97 Å². The van der Waals surface area contributed by atoms with Gasteiger partial charge in [-0.3, -0.25) is 4.98 Å². The molecule has 0 aliphatic heterocycles. The molecule has 1 aromatic rings. The van der Waals surface area contributed by atoms with Gasteiger partial charge >= 0.3 is 0 Å². The molecule has 88 valence electrons. The molecule has 0 radical (unpaired) electrons. The Labute approximate surface area is 95.3 Å². The van der Waals surface area contributed by atoms with Gasteiger partial charge in [0.15, 0.2) is 0 Å². The molecule has 1 aliphatic carbocycles. The van der Waals surface area contributed by atoms with Gasteiger partial charge in [0, 0.05) is 13.6 Å². The zero-order chi connectivity index (χ0) is 11.4. The van der Waals surface area contributed by atoms with Gasteiger partial charge in [0.1, 0.15) is 11.6 Å². The molecule has 2 unspecified atom stereocenters. The Kier molecular flexibility index (Phi) is 3.56. The van der Waals surface area contributed by atoms with Crippen molar-refractivity contribution >= 4 is 11.6 Å².